The molecule has 0 radical (unpaired) electrons. The lowest BCUT2D eigenvalue weighted by atomic mass is 10.1. The summed E-state index contributed by atoms with van der Waals surface area (Å²) in [6.07, 6.45) is 1.06. The average Bonchev–Trinajstić information content (AvgIpc) is 2.64. The molecule has 2 aromatic carbocycles. The van der Waals surface area contributed by atoms with Gasteiger partial charge in [-0.3, -0.25) is 14.4 Å². The first-order valence-electron chi connectivity index (χ1n) is 8.24. The lowest BCUT2D eigenvalue weighted by Gasteiger charge is -2.11. The number of amides is 3. The summed E-state index contributed by atoms with van der Waals surface area (Å²) >= 11 is 6.10. The van der Waals surface area contributed by atoms with Crippen LogP contribution in [0.1, 0.15) is 25.8 Å². The Hall–Kier alpha value is -2.86. The van der Waals surface area contributed by atoms with Crippen LogP contribution in [0.15, 0.2) is 42.5 Å². The van der Waals surface area contributed by atoms with Gasteiger partial charge in [0.2, 0.25) is 5.91 Å². The van der Waals surface area contributed by atoms with E-state index in [9.17, 15) is 14.4 Å². The molecular formula is C19H20ClN3O3. The summed E-state index contributed by atoms with van der Waals surface area (Å²) in [4.78, 5) is 35.6. The summed E-state index contributed by atoms with van der Waals surface area (Å²) < 4.78 is 0. The highest BCUT2D eigenvalue weighted by molar-refractivity contribution is 6.44. The number of nitrogens with one attached hydrogen (secondary N) is 3. The van der Waals surface area contributed by atoms with Crippen LogP contribution < -0.4 is 16.0 Å². The van der Waals surface area contributed by atoms with Crippen LogP contribution in [0.4, 0.5) is 17.1 Å². The number of benzene rings is 2. The van der Waals surface area contributed by atoms with Gasteiger partial charge in [0.1, 0.15) is 0 Å². The van der Waals surface area contributed by atoms with Crippen LogP contribution in [0.5, 0.6) is 0 Å². The van der Waals surface area contributed by atoms with Crippen molar-refractivity contribution in [3.8, 4) is 0 Å². The van der Waals surface area contributed by atoms with Crippen LogP contribution in [-0.4, -0.2) is 17.7 Å². The molecule has 0 unspecified atom stereocenters. The summed E-state index contributed by atoms with van der Waals surface area (Å²) in [6, 6.07) is 11.9. The van der Waals surface area contributed by atoms with E-state index >= 15 is 0 Å². The Balaban J connectivity index is 2.03. The minimum atomic E-state index is -0.808. The molecule has 0 bridgehead atoms. The van der Waals surface area contributed by atoms with Crippen molar-refractivity contribution in [2.24, 2.45) is 0 Å². The number of carbonyl (C=O) groups excluding carboxylic acids is 3. The van der Waals surface area contributed by atoms with E-state index < -0.39 is 11.8 Å². The third kappa shape index (κ3) is 5.07. The molecule has 0 aliphatic rings. The molecule has 26 heavy (non-hydrogen) atoms. The van der Waals surface area contributed by atoms with E-state index in [1.54, 1.807) is 31.2 Å². The quantitative estimate of drug-likeness (QED) is 0.696. The van der Waals surface area contributed by atoms with Crippen molar-refractivity contribution in [1.29, 1.82) is 0 Å². The largest absolute Gasteiger partial charge is 0.325 e. The number of aryl methyl sites for hydroxylation is 1. The van der Waals surface area contributed by atoms with Crippen molar-refractivity contribution >= 4 is 46.4 Å². The molecule has 0 saturated carbocycles. The minimum absolute atomic E-state index is 0.169. The highest BCUT2D eigenvalue weighted by Gasteiger charge is 2.16. The maximum atomic E-state index is 12.1. The van der Waals surface area contributed by atoms with E-state index in [0.717, 1.165) is 12.0 Å². The predicted octanol–water partition coefficient (Wildman–Crippen LogP) is 3.83. The van der Waals surface area contributed by atoms with Crippen LogP contribution in [0.3, 0.4) is 0 Å². The third-order valence-electron chi connectivity index (χ3n) is 3.67. The molecule has 0 heterocycles. The Bertz CT molecular complexity index is 837. The summed E-state index contributed by atoms with van der Waals surface area (Å²) in [7, 11) is 0. The maximum absolute atomic E-state index is 12.1. The zero-order chi connectivity index (χ0) is 19.1. The van der Waals surface area contributed by atoms with Crippen molar-refractivity contribution in [1.82, 2.24) is 0 Å². The van der Waals surface area contributed by atoms with Crippen LogP contribution in [0.2, 0.25) is 5.02 Å². The second-order valence-electron chi connectivity index (χ2n) is 5.52. The predicted molar refractivity (Wildman–Crippen MR) is 103 cm³/mol. The Kier molecular flexibility index (Phi) is 6.74. The van der Waals surface area contributed by atoms with Crippen molar-refractivity contribution < 1.29 is 14.4 Å². The standard InChI is InChI=1S/C19H20ClN3O3/c1-3-12-7-5-6-8-15(12)23-19(26)18(25)21-13-9-10-16(14(20)11-13)22-17(24)4-2/h5-11H,3-4H2,1-2H3,(H,21,25)(H,22,24)(H,23,26). The van der Waals surface area contributed by atoms with Gasteiger partial charge in [0.05, 0.1) is 10.7 Å². The van der Waals surface area contributed by atoms with Gasteiger partial charge in [0, 0.05) is 17.8 Å². The molecule has 136 valence electrons. The topological polar surface area (TPSA) is 87.3 Å². The van der Waals surface area contributed by atoms with Gasteiger partial charge >= 0.3 is 11.8 Å². The highest BCUT2D eigenvalue weighted by Crippen LogP contribution is 2.25. The Labute approximate surface area is 156 Å². The van der Waals surface area contributed by atoms with Crippen LogP contribution in [0.25, 0.3) is 0 Å². The first kappa shape index (κ1) is 19.5. The Morgan fingerprint density at radius 2 is 1.58 bits per heavy atom. The third-order valence-corrected chi connectivity index (χ3v) is 3.99. The number of hydrogen-bond acceptors (Lipinski definition) is 3. The molecule has 6 nitrogen and oxygen atoms in total. The molecule has 0 aliphatic heterocycles. The zero-order valence-electron chi connectivity index (χ0n) is 14.6. The van der Waals surface area contributed by atoms with Gasteiger partial charge in [0.25, 0.3) is 0 Å². The van der Waals surface area contributed by atoms with Gasteiger partial charge in [-0.15, -0.1) is 0 Å². The molecule has 2 rings (SSSR count). The number of hydrogen-bond donors (Lipinski definition) is 3. The molecule has 0 aromatic heterocycles. The summed E-state index contributed by atoms with van der Waals surface area (Å²) in [5.74, 6) is -1.75. The number of para-hydroxylation sites is 1. The van der Waals surface area contributed by atoms with Gasteiger partial charge in [-0.25, -0.2) is 0 Å². The fraction of sp³-hybridized carbons (Fsp3) is 0.211. The monoisotopic (exact) mass is 373 g/mol. The lowest BCUT2D eigenvalue weighted by Crippen LogP contribution is -2.29. The highest BCUT2D eigenvalue weighted by atomic mass is 35.5. The number of anilines is 3. The van der Waals surface area contributed by atoms with E-state index in [0.29, 0.717) is 23.5 Å². The van der Waals surface area contributed by atoms with Gasteiger partial charge in [-0.2, -0.15) is 0 Å². The SMILES string of the molecule is CCC(=O)Nc1ccc(NC(=O)C(=O)Nc2ccccc2CC)cc1Cl. The van der Waals surface area contributed by atoms with Gasteiger partial charge in [-0.05, 0) is 36.2 Å². The zero-order valence-corrected chi connectivity index (χ0v) is 15.3. The van der Waals surface area contributed by atoms with E-state index in [2.05, 4.69) is 16.0 Å². The molecule has 0 aliphatic carbocycles. The van der Waals surface area contributed by atoms with E-state index in [1.807, 2.05) is 19.1 Å². The normalized spacial score (nSPS) is 10.1. The fourth-order valence-electron chi connectivity index (χ4n) is 2.25. The Morgan fingerprint density at radius 3 is 2.23 bits per heavy atom. The molecule has 3 N–H and O–H groups in total. The smallest absolute Gasteiger partial charge is 0.314 e. The molecule has 7 heteroatoms. The fourth-order valence-corrected chi connectivity index (χ4v) is 2.48. The molecular weight excluding hydrogens is 354 g/mol. The van der Waals surface area contributed by atoms with E-state index in [4.69, 9.17) is 11.6 Å². The summed E-state index contributed by atoms with van der Waals surface area (Å²) in [6.45, 7) is 3.69. The number of rotatable bonds is 5. The first-order chi connectivity index (χ1) is 12.4. The van der Waals surface area contributed by atoms with Crippen LogP contribution in [0, 0.1) is 0 Å². The van der Waals surface area contributed by atoms with E-state index in [1.165, 1.54) is 6.07 Å². The Morgan fingerprint density at radius 1 is 0.885 bits per heavy atom. The minimum Gasteiger partial charge on any atom is -0.325 e. The summed E-state index contributed by atoms with van der Waals surface area (Å²) in [5.41, 5.74) is 2.34. The molecule has 2 aromatic rings. The van der Waals surface area contributed by atoms with Crippen LogP contribution in [-0.2, 0) is 20.8 Å². The molecule has 0 fully saturated rings. The second-order valence-corrected chi connectivity index (χ2v) is 5.92. The molecule has 0 spiro atoms. The maximum Gasteiger partial charge on any atom is 0.314 e. The molecule has 0 atom stereocenters. The van der Waals surface area contributed by atoms with Crippen molar-refractivity contribution in [3.63, 3.8) is 0 Å². The lowest BCUT2D eigenvalue weighted by molar-refractivity contribution is -0.133. The van der Waals surface area contributed by atoms with Crippen molar-refractivity contribution in [2.45, 2.75) is 26.7 Å². The van der Waals surface area contributed by atoms with E-state index in [-0.39, 0.29) is 10.9 Å². The average molecular weight is 374 g/mol. The molecule has 3 amide bonds. The number of halogens is 1. The first-order valence-corrected chi connectivity index (χ1v) is 8.62. The van der Waals surface area contributed by atoms with Gasteiger partial charge in [-0.1, -0.05) is 43.6 Å². The number of carbonyl (C=O) groups is 3. The van der Waals surface area contributed by atoms with Gasteiger partial charge in [0.15, 0.2) is 0 Å². The molecule has 0 saturated heterocycles. The summed E-state index contributed by atoms with van der Waals surface area (Å²) in [5, 5.41) is 8.00. The van der Waals surface area contributed by atoms with Gasteiger partial charge < -0.3 is 16.0 Å². The van der Waals surface area contributed by atoms with Crippen LogP contribution >= 0.6 is 11.6 Å². The second kappa shape index (κ2) is 9.01. The van der Waals surface area contributed by atoms with Crippen molar-refractivity contribution in [2.75, 3.05) is 16.0 Å². The van der Waals surface area contributed by atoms with Crippen molar-refractivity contribution in [3.05, 3.63) is 53.1 Å².